The molecule has 6 heteroatoms. The van der Waals surface area contributed by atoms with Crippen molar-refractivity contribution in [2.24, 2.45) is 0 Å². The van der Waals surface area contributed by atoms with Crippen molar-refractivity contribution >= 4 is 29.3 Å². The van der Waals surface area contributed by atoms with Gasteiger partial charge in [-0.25, -0.2) is 9.59 Å². The van der Waals surface area contributed by atoms with Gasteiger partial charge in [-0.3, -0.25) is 0 Å². The number of carboxylic acids is 1. The quantitative estimate of drug-likeness (QED) is 0.718. The zero-order valence-electron chi connectivity index (χ0n) is 9.52. The van der Waals surface area contributed by atoms with Crippen molar-refractivity contribution in [2.75, 3.05) is 5.32 Å². The number of nitrogens with one attached hydrogen (secondary N) is 2. The first kappa shape index (κ1) is 14.1. The van der Waals surface area contributed by atoms with Gasteiger partial charge in [-0.2, -0.15) is 0 Å². The summed E-state index contributed by atoms with van der Waals surface area (Å²) < 4.78 is 0. The van der Waals surface area contributed by atoms with Gasteiger partial charge in [-0.15, -0.1) is 6.58 Å². The lowest BCUT2D eigenvalue weighted by Gasteiger charge is -2.13. The fourth-order valence-corrected chi connectivity index (χ4v) is 1.45. The highest BCUT2D eigenvalue weighted by atomic mass is 35.5. The summed E-state index contributed by atoms with van der Waals surface area (Å²) in [5, 5.41) is 14.0. The Labute approximate surface area is 109 Å². The summed E-state index contributed by atoms with van der Waals surface area (Å²) >= 11 is 5.85. The molecule has 3 N–H and O–H groups in total. The summed E-state index contributed by atoms with van der Waals surface area (Å²) in [5.74, 6) is -1.12. The normalized spacial score (nSPS) is 11.4. The largest absolute Gasteiger partial charge is 0.480 e. The number of hydrogen-bond donors (Lipinski definition) is 3. The zero-order valence-corrected chi connectivity index (χ0v) is 10.3. The van der Waals surface area contributed by atoms with Gasteiger partial charge in [0.25, 0.3) is 0 Å². The van der Waals surface area contributed by atoms with Gasteiger partial charge in [0.2, 0.25) is 0 Å². The summed E-state index contributed by atoms with van der Waals surface area (Å²) in [6, 6.07) is 5.03. The topological polar surface area (TPSA) is 78.4 Å². The molecule has 0 heterocycles. The molecule has 0 aliphatic carbocycles. The number of amides is 2. The molecule has 0 saturated heterocycles. The number of anilines is 1. The van der Waals surface area contributed by atoms with E-state index in [2.05, 4.69) is 17.2 Å². The van der Waals surface area contributed by atoms with Gasteiger partial charge in [0.05, 0.1) is 10.7 Å². The van der Waals surface area contributed by atoms with E-state index in [4.69, 9.17) is 16.7 Å². The van der Waals surface area contributed by atoms with Crippen molar-refractivity contribution in [3.8, 4) is 0 Å². The highest BCUT2D eigenvalue weighted by Crippen LogP contribution is 2.20. The van der Waals surface area contributed by atoms with Crippen molar-refractivity contribution in [3.05, 3.63) is 41.9 Å². The molecule has 0 aliphatic rings. The predicted molar refractivity (Wildman–Crippen MR) is 69.8 cm³/mol. The van der Waals surface area contributed by atoms with E-state index in [0.717, 1.165) is 0 Å². The number of benzene rings is 1. The van der Waals surface area contributed by atoms with Crippen LogP contribution in [0.15, 0.2) is 36.9 Å². The van der Waals surface area contributed by atoms with Gasteiger partial charge < -0.3 is 15.7 Å². The van der Waals surface area contributed by atoms with Crippen LogP contribution in [0.4, 0.5) is 10.5 Å². The summed E-state index contributed by atoms with van der Waals surface area (Å²) in [5.41, 5.74) is 0.416. The molecule has 2 amide bonds. The third-order valence-electron chi connectivity index (χ3n) is 2.13. The Morgan fingerprint density at radius 3 is 2.67 bits per heavy atom. The van der Waals surface area contributed by atoms with E-state index >= 15 is 0 Å². The minimum atomic E-state index is -1.12. The number of aliphatic carboxylic acids is 1. The van der Waals surface area contributed by atoms with Gasteiger partial charge in [0.15, 0.2) is 0 Å². The molecule has 1 rings (SSSR count). The molecular weight excluding hydrogens is 256 g/mol. The molecule has 1 atom stereocenters. The van der Waals surface area contributed by atoms with Crippen molar-refractivity contribution < 1.29 is 14.7 Å². The number of hydrogen-bond acceptors (Lipinski definition) is 2. The minimum absolute atomic E-state index is 0.144. The molecule has 0 bridgehead atoms. The number of carboxylic acid groups (broad SMARTS) is 1. The van der Waals surface area contributed by atoms with Crippen LogP contribution in [0, 0.1) is 0 Å². The number of carbonyl (C=O) groups excluding carboxylic acids is 1. The molecule has 1 aromatic carbocycles. The Balaban J connectivity index is 2.63. The molecule has 18 heavy (non-hydrogen) atoms. The van der Waals surface area contributed by atoms with Gasteiger partial charge in [-0.05, 0) is 18.6 Å². The van der Waals surface area contributed by atoms with Crippen LogP contribution in [0.5, 0.6) is 0 Å². The molecule has 0 fully saturated rings. The van der Waals surface area contributed by atoms with Crippen LogP contribution in [-0.2, 0) is 4.79 Å². The Morgan fingerprint density at radius 2 is 2.11 bits per heavy atom. The van der Waals surface area contributed by atoms with E-state index in [0.29, 0.717) is 10.7 Å². The van der Waals surface area contributed by atoms with E-state index in [-0.39, 0.29) is 6.42 Å². The lowest BCUT2D eigenvalue weighted by atomic mass is 10.2. The second-order valence-electron chi connectivity index (χ2n) is 3.49. The van der Waals surface area contributed by atoms with Crippen molar-refractivity contribution in [3.63, 3.8) is 0 Å². The first-order valence-corrected chi connectivity index (χ1v) is 5.58. The number of carbonyl (C=O) groups is 2. The molecule has 0 spiro atoms. The molecule has 0 radical (unpaired) electrons. The number of halogens is 1. The van der Waals surface area contributed by atoms with Gasteiger partial charge in [0.1, 0.15) is 6.04 Å². The Bertz CT molecular complexity index is 462. The Hall–Kier alpha value is -2.01. The summed E-state index contributed by atoms with van der Waals surface area (Å²) in [4.78, 5) is 22.4. The maximum absolute atomic E-state index is 11.6. The van der Waals surface area contributed by atoms with Crippen LogP contribution >= 0.6 is 11.6 Å². The van der Waals surface area contributed by atoms with Gasteiger partial charge in [-0.1, -0.05) is 29.8 Å². The molecule has 0 saturated carbocycles. The summed E-state index contributed by atoms with van der Waals surface area (Å²) in [6.45, 7) is 3.43. The lowest BCUT2D eigenvalue weighted by Crippen LogP contribution is -2.42. The van der Waals surface area contributed by atoms with E-state index in [9.17, 15) is 9.59 Å². The average molecular weight is 269 g/mol. The molecular formula is C12H13ClN2O3. The highest BCUT2D eigenvalue weighted by Gasteiger charge is 2.18. The smallest absolute Gasteiger partial charge is 0.326 e. The van der Waals surface area contributed by atoms with Crippen LogP contribution in [-0.4, -0.2) is 23.1 Å². The average Bonchev–Trinajstić information content (AvgIpc) is 2.31. The molecule has 1 unspecified atom stereocenters. The van der Waals surface area contributed by atoms with Crippen LogP contribution in [0.3, 0.4) is 0 Å². The van der Waals surface area contributed by atoms with E-state index < -0.39 is 18.0 Å². The third kappa shape index (κ3) is 4.10. The predicted octanol–water partition coefficient (Wildman–Crippen LogP) is 2.49. The third-order valence-corrected chi connectivity index (χ3v) is 2.46. The Kier molecular flexibility index (Phi) is 5.20. The van der Waals surface area contributed by atoms with Crippen LogP contribution < -0.4 is 10.6 Å². The molecule has 5 nitrogen and oxygen atoms in total. The molecule has 1 aromatic rings. The second kappa shape index (κ2) is 6.66. The maximum Gasteiger partial charge on any atom is 0.326 e. The van der Waals surface area contributed by atoms with E-state index in [1.165, 1.54) is 6.08 Å². The highest BCUT2D eigenvalue weighted by molar-refractivity contribution is 6.33. The van der Waals surface area contributed by atoms with Crippen LogP contribution in [0.1, 0.15) is 6.42 Å². The van der Waals surface area contributed by atoms with Crippen molar-refractivity contribution in [2.45, 2.75) is 12.5 Å². The monoisotopic (exact) mass is 268 g/mol. The minimum Gasteiger partial charge on any atom is -0.480 e. The van der Waals surface area contributed by atoms with Gasteiger partial charge in [0, 0.05) is 0 Å². The second-order valence-corrected chi connectivity index (χ2v) is 3.90. The molecule has 0 aliphatic heterocycles. The van der Waals surface area contributed by atoms with Gasteiger partial charge >= 0.3 is 12.0 Å². The first-order chi connectivity index (χ1) is 8.54. The van der Waals surface area contributed by atoms with E-state index in [1.807, 2.05) is 0 Å². The summed E-state index contributed by atoms with van der Waals surface area (Å²) in [7, 11) is 0. The number of para-hydroxylation sites is 1. The van der Waals surface area contributed by atoms with E-state index in [1.54, 1.807) is 24.3 Å². The van der Waals surface area contributed by atoms with Crippen LogP contribution in [0.2, 0.25) is 5.02 Å². The SMILES string of the molecule is C=CCC(NC(=O)Nc1ccccc1Cl)C(=O)O. The fraction of sp³-hybridized carbons (Fsp3) is 0.167. The molecule has 96 valence electrons. The number of urea groups is 1. The standard InChI is InChI=1S/C12H13ClN2O3/c1-2-5-10(11(16)17)15-12(18)14-9-7-4-3-6-8(9)13/h2-4,6-7,10H,1,5H2,(H,16,17)(H2,14,15,18). The van der Waals surface area contributed by atoms with Crippen molar-refractivity contribution in [1.82, 2.24) is 5.32 Å². The zero-order chi connectivity index (χ0) is 13.5. The maximum atomic E-state index is 11.6. The number of rotatable bonds is 5. The first-order valence-electron chi connectivity index (χ1n) is 5.20. The molecule has 0 aromatic heterocycles. The fourth-order valence-electron chi connectivity index (χ4n) is 1.27. The summed E-state index contributed by atoms with van der Waals surface area (Å²) in [6.07, 6.45) is 1.57. The van der Waals surface area contributed by atoms with Crippen molar-refractivity contribution in [1.29, 1.82) is 0 Å². The Morgan fingerprint density at radius 1 is 1.44 bits per heavy atom. The lowest BCUT2D eigenvalue weighted by molar-refractivity contribution is -0.139. The van der Waals surface area contributed by atoms with Crippen LogP contribution in [0.25, 0.3) is 0 Å².